The van der Waals surface area contributed by atoms with E-state index in [2.05, 4.69) is 5.32 Å². The Morgan fingerprint density at radius 1 is 1.33 bits per heavy atom. The Kier molecular flexibility index (Phi) is 4.31. The zero-order chi connectivity index (χ0) is 15.8. The molecule has 21 heavy (non-hydrogen) atoms. The lowest BCUT2D eigenvalue weighted by Gasteiger charge is -2.46. The Bertz CT molecular complexity index is 429. The Morgan fingerprint density at radius 3 is 2.52 bits per heavy atom. The summed E-state index contributed by atoms with van der Waals surface area (Å²) >= 11 is 0. The molecule has 0 aromatic rings. The molecule has 1 amide bonds. The highest BCUT2D eigenvalue weighted by molar-refractivity contribution is 5.86. The minimum absolute atomic E-state index is 0.0378. The summed E-state index contributed by atoms with van der Waals surface area (Å²) in [4.78, 5) is 23.8. The Balaban J connectivity index is 2.05. The first-order valence-corrected chi connectivity index (χ1v) is 7.59. The van der Waals surface area contributed by atoms with Crippen molar-refractivity contribution in [2.45, 2.75) is 51.6 Å². The van der Waals surface area contributed by atoms with Gasteiger partial charge in [-0.2, -0.15) is 0 Å². The molecule has 4 atom stereocenters. The fourth-order valence-electron chi connectivity index (χ4n) is 3.51. The van der Waals surface area contributed by atoms with Crippen LogP contribution in [-0.4, -0.2) is 41.8 Å². The molecule has 1 saturated carbocycles. The molecule has 4 N–H and O–H groups in total. The number of nitrogens with two attached hydrogens (primary N) is 1. The number of hydrogen-bond donors (Lipinski definition) is 3. The second-order valence-corrected chi connectivity index (χ2v) is 7.12. The predicted octanol–water partition coefficient (Wildman–Crippen LogP) is 0.746. The Morgan fingerprint density at radius 2 is 2.00 bits per heavy atom. The van der Waals surface area contributed by atoms with Crippen LogP contribution in [0.25, 0.3) is 0 Å². The SMILES string of the molecule is CC1C(NC(=O)C2(N)CCOC2)CCC(C(=O)O)C1(C)C. The lowest BCUT2D eigenvalue weighted by atomic mass is 9.61. The summed E-state index contributed by atoms with van der Waals surface area (Å²) in [7, 11) is 0. The van der Waals surface area contributed by atoms with E-state index in [9.17, 15) is 14.7 Å². The summed E-state index contributed by atoms with van der Waals surface area (Å²) in [6.45, 7) is 6.70. The molecule has 4 unspecified atom stereocenters. The molecule has 1 saturated heterocycles. The third kappa shape index (κ3) is 2.92. The van der Waals surface area contributed by atoms with Crippen molar-refractivity contribution in [1.82, 2.24) is 5.32 Å². The summed E-state index contributed by atoms with van der Waals surface area (Å²) in [6.07, 6.45) is 1.77. The minimum Gasteiger partial charge on any atom is -0.481 e. The third-order valence-corrected chi connectivity index (χ3v) is 5.56. The first-order chi connectivity index (χ1) is 9.68. The zero-order valence-corrected chi connectivity index (χ0v) is 13.0. The van der Waals surface area contributed by atoms with Crippen molar-refractivity contribution in [3.8, 4) is 0 Å². The maximum absolute atomic E-state index is 12.4. The first-order valence-electron chi connectivity index (χ1n) is 7.59. The lowest BCUT2D eigenvalue weighted by Crippen LogP contribution is -2.60. The van der Waals surface area contributed by atoms with Gasteiger partial charge in [-0.05, 0) is 30.6 Å². The number of ether oxygens (including phenoxy) is 1. The van der Waals surface area contributed by atoms with Gasteiger partial charge in [-0.25, -0.2) is 0 Å². The maximum atomic E-state index is 12.4. The Hall–Kier alpha value is -1.14. The molecule has 2 fully saturated rings. The van der Waals surface area contributed by atoms with E-state index in [0.29, 0.717) is 25.9 Å². The first kappa shape index (κ1) is 16.2. The van der Waals surface area contributed by atoms with Crippen molar-refractivity contribution >= 4 is 11.9 Å². The van der Waals surface area contributed by atoms with Crippen LogP contribution in [0.15, 0.2) is 0 Å². The molecule has 0 radical (unpaired) electrons. The fourth-order valence-corrected chi connectivity index (χ4v) is 3.51. The monoisotopic (exact) mass is 298 g/mol. The van der Waals surface area contributed by atoms with Crippen LogP contribution in [0, 0.1) is 17.3 Å². The van der Waals surface area contributed by atoms with E-state index in [1.807, 2.05) is 20.8 Å². The van der Waals surface area contributed by atoms with Gasteiger partial charge in [-0.15, -0.1) is 0 Å². The van der Waals surface area contributed by atoms with Crippen LogP contribution in [0.2, 0.25) is 0 Å². The summed E-state index contributed by atoms with van der Waals surface area (Å²) in [5.41, 5.74) is 4.78. The molecule has 2 rings (SSSR count). The number of amides is 1. The molecule has 0 bridgehead atoms. The maximum Gasteiger partial charge on any atom is 0.307 e. The highest BCUT2D eigenvalue weighted by Gasteiger charge is 2.48. The normalized spacial score (nSPS) is 39.0. The fraction of sp³-hybridized carbons (Fsp3) is 0.867. The van der Waals surface area contributed by atoms with E-state index in [-0.39, 0.29) is 35.8 Å². The van der Waals surface area contributed by atoms with Crippen LogP contribution < -0.4 is 11.1 Å². The molecule has 120 valence electrons. The van der Waals surface area contributed by atoms with Gasteiger partial charge in [0, 0.05) is 12.6 Å². The standard InChI is InChI=1S/C15H26N2O4/c1-9-11(5-4-10(12(18)19)14(9,2)3)17-13(20)15(16)6-7-21-8-15/h9-11H,4-8,16H2,1-3H3,(H,17,20)(H,18,19). The van der Waals surface area contributed by atoms with Gasteiger partial charge in [-0.1, -0.05) is 20.8 Å². The van der Waals surface area contributed by atoms with Crippen molar-refractivity contribution in [2.75, 3.05) is 13.2 Å². The molecular weight excluding hydrogens is 272 g/mol. The second-order valence-electron chi connectivity index (χ2n) is 7.12. The molecular formula is C15H26N2O4. The molecule has 2 aliphatic rings. The van der Waals surface area contributed by atoms with Crippen LogP contribution in [0.4, 0.5) is 0 Å². The lowest BCUT2D eigenvalue weighted by molar-refractivity contribution is -0.150. The van der Waals surface area contributed by atoms with Gasteiger partial charge in [0.15, 0.2) is 0 Å². The zero-order valence-electron chi connectivity index (χ0n) is 13.0. The van der Waals surface area contributed by atoms with Crippen molar-refractivity contribution in [3.63, 3.8) is 0 Å². The molecule has 0 spiro atoms. The van der Waals surface area contributed by atoms with E-state index in [4.69, 9.17) is 10.5 Å². The summed E-state index contributed by atoms with van der Waals surface area (Å²) in [5, 5.41) is 12.4. The molecule has 6 nitrogen and oxygen atoms in total. The molecule has 0 aromatic heterocycles. The second kappa shape index (κ2) is 5.57. The predicted molar refractivity (Wildman–Crippen MR) is 77.6 cm³/mol. The molecule has 1 heterocycles. The highest BCUT2D eigenvalue weighted by Crippen LogP contribution is 2.45. The van der Waals surface area contributed by atoms with Gasteiger partial charge in [-0.3, -0.25) is 9.59 Å². The average Bonchev–Trinajstić information content (AvgIpc) is 2.83. The van der Waals surface area contributed by atoms with Crippen LogP contribution in [0.3, 0.4) is 0 Å². The smallest absolute Gasteiger partial charge is 0.307 e. The van der Waals surface area contributed by atoms with Crippen LogP contribution >= 0.6 is 0 Å². The number of carboxylic acids is 1. The van der Waals surface area contributed by atoms with Crippen LogP contribution in [0.1, 0.15) is 40.0 Å². The quantitative estimate of drug-likeness (QED) is 0.713. The third-order valence-electron chi connectivity index (χ3n) is 5.56. The average molecular weight is 298 g/mol. The largest absolute Gasteiger partial charge is 0.481 e. The minimum atomic E-state index is -0.937. The number of carbonyl (C=O) groups is 2. The number of carboxylic acid groups (broad SMARTS) is 1. The Labute approximate surface area is 125 Å². The molecule has 1 aliphatic heterocycles. The number of aliphatic carboxylic acids is 1. The molecule has 1 aliphatic carbocycles. The van der Waals surface area contributed by atoms with Crippen LogP contribution in [0.5, 0.6) is 0 Å². The number of rotatable bonds is 3. The van der Waals surface area contributed by atoms with E-state index in [0.717, 1.165) is 0 Å². The number of nitrogens with one attached hydrogen (secondary N) is 1. The molecule has 6 heteroatoms. The number of hydrogen-bond acceptors (Lipinski definition) is 4. The summed E-state index contributed by atoms with van der Waals surface area (Å²) in [6, 6.07) is -0.0378. The van der Waals surface area contributed by atoms with E-state index in [1.54, 1.807) is 0 Å². The molecule has 0 aromatic carbocycles. The van der Waals surface area contributed by atoms with Gasteiger partial charge >= 0.3 is 5.97 Å². The van der Waals surface area contributed by atoms with Crippen LogP contribution in [-0.2, 0) is 14.3 Å². The van der Waals surface area contributed by atoms with E-state index >= 15 is 0 Å². The summed E-state index contributed by atoms with van der Waals surface area (Å²) in [5.74, 6) is -1.23. The summed E-state index contributed by atoms with van der Waals surface area (Å²) < 4.78 is 5.22. The van der Waals surface area contributed by atoms with E-state index < -0.39 is 11.5 Å². The number of carbonyl (C=O) groups excluding carboxylic acids is 1. The highest BCUT2D eigenvalue weighted by atomic mass is 16.5. The van der Waals surface area contributed by atoms with Gasteiger partial charge in [0.2, 0.25) is 5.91 Å². The van der Waals surface area contributed by atoms with Crippen molar-refractivity contribution in [3.05, 3.63) is 0 Å². The topological polar surface area (TPSA) is 102 Å². The van der Waals surface area contributed by atoms with Crippen molar-refractivity contribution in [2.24, 2.45) is 23.0 Å². The van der Waals surface area contributed by atoms with Gasteiger partial charge < -0.3 is 20.9 Å². The van der Waals surface area contributed by atoms with Gasteiger partial charge in [0.25, 0.3) is 0 Å². The van der Waals surface area contributed by atoms with Gasteiger partial charge in [0.05, 0.1) is 12.5 Å². The van der Waals surface area contributed by atoms with E-state index in [1.165, 1.54) is 0 Å². The van der Waals surface area contributed by atoms with Crippen molar-refractivity contribution in [1.29, 1.82) is 0 Å². The van der Waals surface area contributed by atoms with Crippen molar-refractivity contribution < 1.29 is 19.4 Å². The van der Waals surface area contributed by atoms with Gasteiger partial charge in [0.1, 0.15) is 5.54 Å².